The van der Waals surface area contributed by atoms with Gasteiger partial charge in [0.1, 0.15) is 0 Å². The average molecular weight is 615 g/mol. The Morgan fingerprint density at radius 1 is 0.543 bits per heavy atom. The Labute approximate surface area is 271 Å². The molecule has 2 heterocycles. The monoisotopic (exact) mass is 614 g/mol. The maximum atomic E-state index is 13.0. The Morgan fingerprint density at radius 2 is 0.913 bits per heavy atom. The topological polar surface area (TPSA) is 99.9 Å². The predicted molar refractivity (Wildman–Crippen MR) is 184 cm³/mol. The Morgan fingerprint density at radius 3 is 1.22 bits per heavy atom. The lowest BCUT2D eigenvalue weighted by molar-refractivity contribution is 0.100. The summed E-state index contributed by atoms with van der Waals surface area (Å²) in [5.74, 6) is 0.0156. The maximum Gasteiger partial charge on any atom is 0.205 e. The zero-order valence-electron chi connectivity index (χ0n) is 27.2. The van der Waals surface area contributed by atoms with Gasteiger partial charge in [-0.1, -0.05) is 72.8 Å². The van der Waals surface area contributed by atoms with E-state index in [0.29, 0.717) is 22.5 Å². The van der Waals surface area contributed by atoms with Crippen molar-refractivity contribution in [3.8, 4) is 22.3 Å². The SMILES string of the molecule is CC(=O)c1c(C)[nH]c(C(=O)C2=CCCCC2)c1-c1ccccc1.CC(=O)c1c(C)[nH]c(C(=O)C2=CCCCC2)c1-c1ccccc1. The van der Waals surface area contributed by atoms with Gasteiger partial charge in [0, 0.05) is 33.6 Å². The number of aromatic amines is 2. The number of aromatic nitrogens is 2. The van der Waals surface area contributed by atoms with E-state index in [-0.39, 0.29) is 23.1 Å². The van der Waals surface area contributed by atoms with Crippen molar-refractivity contribution in [2.24, 2.45) is 0 Å². The fourth-order valence-electron chi connectivity index (χ4n) is 6.67. The fourth-order valence-corrected chi connectivity index (χ4v) is 6.67. The van der Waals surface area contributed by atoms with E-state index in [9.17, 15) is 19.2 Å². The van der Waals surface area contributed by atoms with Crippen molar-refractivity contribution >= 4 is 23.1 Å². The van der Waals surface area contributed by atoms with Crippen molar-refractivity contribution in [3.63, 3.8) is 0 Å². The van der Waals surface area contributed by atoms with Crippen LogP contribution in [-0.4, -0.2) is 33.1 Å². The van der Waals surface area contributed by atoms with Gasteiger partial charge in [-0.3, -0.25) is 19.2 Å². The molecule has 2 aromatic heterocycles. The molecular weight excluding hydrogens is 572 g/mol. The van der Waals surface area contributed by atoms with Crippen LogP contribution in [0.1, 0.15) is 118 Å². The number of rotatable bonds is 8. The lowest BCUT2D eigenvalue weighted by Crippen LogP contribution is -2.08. The summed E-state index contributed by atoms with van der Waals surface area (Å²) in [4.78, 5) is 56.6. The van der Waals surface area contributed by atoms with Gasteiger partial charge >= 0.3 is 0 Å². The summed E-state index contributed by atoms with van der Waals surface area (Å²) in [5, 5.41) is 0. The molecule has 0 saturated heterocycles. The Balaban J connectivity index is 0.000000181. The molecule has 0 radical (unpaired) electrons. The van der Waals surface area contributed by atoms with Crippen LogP contribution < -0.4 is 0 Å². The highest BCUT2D eigenvalue weighted by atomic mass is 16.1. The molecule has 236 valence electrons. The van der Waals surface area contributed by atoms with Gasteiger partial charge in [0.25, 0.3) is 0 Å². The first kappa shape index (κ1) is 32.6. The first-order valence-corrected chi connectivity index (χ1v) is 16.2. The molecule has 2 aromatic carbocycles. The van der Waals surface area contributed by atoms with Crippen molar-refractivity contribution in [3.05, 3.63) is 118 Å². The van der Waals surface area contributed by atoms with Crippen LogP contribution in [0.25, 0.3) is 22.3 Å². The summed E-state index contributed by atoms with van der Waals surface area (Å²) in [6.45, 7) is 6.82. The molecule has 0 amide bonds. The van der Waals surface area contributed by atoms with Crippen LogP contribution in [0.5, 0.6) is 0 Å². The van der Waals surface area contributed by atoms with Crippen LogP contribution in [0.2, 0.25) is 0 Å². The molecule has 0 aliphatic heterocycles. The molecule has 0 spiro atoms. The molecule has 0 bridgehead atoms. The van der Waals surface area contributed by atoms with Crippen molar-refractivity contribution in [2.75, 3.05) is 0 Å². The smallest absolute Gasteiger partial charge is 0.205 e. The second-order valence-corrected chi connectivity index (χ2v) is 12.2. The third-order valence-electron chi connectivity index (χ3n) is 8.82. The minimum absolute atomic E-state index is 0.0192. The van der Waals surface area contributed by atoms with Crippen LogP contribution in [-0.2, 0) is 0 Å². The van der Waals surface area contributed by atoms with E-state index in [4.69, 9.17) is 0 Å². The summed E-state index contributed by atoms with van der Waals surface area (Å²) >= 11 is 0. The minimum Gasteiger partial charge on any atom is -0.355 e. The Bertz CT molecular complexity index is 1700. The first-order chi connectivity index (χ1) is 22.2. The fraction of sp³-hybridized carbons (Fsp3) is 0.300. The highest BCUT2D eigenvalue weighted by molar-refractivity contribution is 6.16. The van der Waals surface area contributed by atoms with E-state index < -0.39 is 0 Å². The largest absolute Gasteiger partial charge is 0.355 e. The number of allylic oxidation sites excluding steroid dienone is 4. The second kappa shape index (κ2) is 14.5. The summed E-state index contributed by atoms with van der Waals surface area (Å²) in [7, 11) is 0. The number of hydrogen-bond acceptors (Lipinski definition) is 4. The molecule has 2 N–H and O–H groups in total. The second-order valence-electron chi connectivity index (χ2n) is 12.2. The van der Waals surface area contributed by atoms with Crippen LogP contribution in [0.4, 0.5) is 0 Å². The molecule has 4 aromatic rings. The molecule has 2 aliphatic rings. The number of nitrogens with one attached hydrogen (secondary N) is 2. The minimum atomic E-state index is -0.0192. The molecule has 0 saturated carbocycles. The zero-order valence-corrected chi connectivity index (χ0v) is 27.2. The first-order valence-electron chi connectivity index (χ1n) is 16.2. The van der Waals surface area contributed by atoms with E-state index in [1.807, 2.05) is 86.7 Å². The summed E-state index contributed by atoms with van der Waals surface area (Å²) in [5.41, 5.74) is 8.88. The van der Waals surface area contributed by atoms with Crippen LogP contribution in [0.15, 0.2) is 84.0 Å². The number of benzene rings is 2. The highest BCUT2D eigenvalue weighted by Crippen LogP contribution is 2.35. The maximum absolute atomic E-state index is 13.0. The van der Waals surface area contributed by atoms with Crippen molar-refractivity contribution in [1.82, 2.24) is 9.97 Å². The molecular formula is C40H42N2O4. The van der Waals surface area contributed by atoms with Gasteiger partial charge in [-0.15, -0.1) is 0 Å². The quantitative estimate of drug-likeness (QED) is 0.193. The standard InChI is InChI=1S/2C20H21NO2/c2*1-13-17(14(2)22)18(15-9-5-3-6-10-15)19(21-13)20(23)16-11-7-4-8-12-16/h2*3,5-6,9-11,21H,4,7-8,12H2,1-2H3. The number of hydrogen-bond donors (Lipinski definition) is 2. The summed E-state index contributed by atoms with van der Waals surface area (Å²) in [6.07, 6.45) is 12.0. The number of ketones is 4. The van der Waals surface area contributed by atoms with E-state index in [2.05, 4.69) is 9.97 Å². The zero-order chi connectivity index (χ0) is 32.8. The van der Waals surface area contributed by atoms with Crippen LogP contribution in [0, 0.1) is 13.8 Å². The lowest BCUT2D eigenvalue weighted by atomic mass is 9.91. The average Bonchev–Trinajstić information content (AvgIpc) is 3.63. The van der Waals surface area contributed by atoms with Gasteiger partial charge in [0.05, 0.1) is 11.4 Å². The molecule has 6 nitrogen and oxygen atoms in total. The molecule has 2 aliphatic carbocycles. The molecule has 0 atom stereocenters. The highest BCUT2D eigenvalue weighted by Gasteiger charge is 2.27. The van der Waals surface area contributed by atoms with Gasteiger partial charge in [0.2, 0.25) is 11.6 Å². The molecule has 0 unspecified atom stereocenters. The third-order valence-corrected chi connectivity index (χ3v) is 8.82. The van der Waals surface area contributed by atoms with Gasteiger partial charge in [0.15, 0.2) is 11.6 Å². The van der Waals surface area contributed by atoms with Crippen molar-refractivity contribution < 1.29 is 19.2 Å². The molecule has 6 heteroatoms. The molecule has 46 heavy (non-hydrogen) atoms. The van der Waals surface area contributed by atoms with Crippen LogP contribution in [0.3, 0.4) is 0 Å². The summed E-state index contributed by atoms with van der Waals surface area (Å²) in [6, 6.07) is 19.4. The Kier molecular flexibility index (Phi) is 10.3. The number of aryl methyl sites for hydroxylation is 2. The van der Waals surface area contributed by atoms with Gasteiger partial charge in [-0.2, -0.15) is 0 Å². The normalized spacial score (nSPS) is 14.4. The number of H-pyrrole nitrogens is 2. The van der Waals surface area contributed by atoms with E-state index >= 15 is 0 Å². The lowest BCUT2D eigenvalue weighted by Gasteiger charge is -2.12. The predicted octanol–water partition coefficient (Wildman–Crippen LogP) is 9.75. The number of carbonyl (C=O) groups is 4. The van der Waals surface area contributed by atoms with Crippen LogP contribution >= 0.6 is 0 Å². The molecule has 6 rings (SSSR count). The van der Waals surface area contributed by atoms with Gasteiger partial charge < -0.3 is 9.97 Å². The molecule has 0 fully saturated rings. The number of carbonyl (C=O) groups excluding carboxylic acids is 4. The van der Waals surface area contributed by atoms with E-state index in [1.165, 1.54) is 0 Å². The van der Waals surface area contributed by atoms with E-state index in [1.54, 1.807) is 13.8 Å². The Hall–Kier alpha value is -4.84. The third kappa shape index (κ3) is 6.86. The summed E-state index contributed by atoms with van der Waals surface area (Å²) < 4.78 is 0. The van der Waals surface area contributed by atoms with Gasteiger partial charge in [-0.25, -0.2) is 0 Å². The number of Topliss-reactive ketones (excluding diaryl/α,β-unsaturated/α-hetero) is 4. The van der Waals surface area contributed by atoms with Crippen molar-refractivity contribution in [1.29, 1.82) is 0 Å². The van der Waals surface area contributed by atoms with E-state index in [0.717, 1.165) is 96.2 Å². The van der Waals surface area contributed by atoms with Crippen molar-refractivity contribution in [2.45, 2.75) is 79.1 Å². The van der Waals surface area contributed by atoms with Gasteiger partial charge in [-0.05, 0) is 101 Å².